The first-order chi connectivity index (χ1) is 7.68. The van der Waals surface area contributed by atoms with Gasteiger partial charge in [0.2, 0.25) is 5.91 Å². The third-order valence-electron chi connectivity index (χ3n) is 3.18. The van der Waals surface area contributed by atoms with Gasteiger partial charge in [-0.15, -0.1) is 0 Å². The highest BCUT2D eigenvalue weighted by Crippen LogP contribution is 2.23. The molecule has 4 heteroatoms. The van der Waals surface area contributed by atoms with Crippen LogP contribution in [0, 0.1) is 12.8 Å². The molecule has 86 valence electrons. The second-order valence-corrected chi connectivity index (χ2v) is 4.31. The molecule has 1 aliphatic rings. The topological polar surface area (TPSA) is 59.2 Å². The standard InChI is InChI=1S/C12H17N3O/c1-9-3-2-6-14-12(9)15-7-4-10(5-8-15)11(13)16/h2-3,6,10H,4-5,7-8H2,1H3,(H2,13,16). The first-order valence-electron chi connectivity index (χ1n) is 5.64. The zero-order valence-corrected chi connectivity index (χ0v) is 9.52. The Hall–Kier alpha value is -1.58. The molecule has 1 aromatic rings. The maximum absolute atomic E-state index is 11.1. The van der Waals surface area contributed by atoms with Gasteiger partial charge in [-0.1, -0.05) is 6.07 Å². The molecule has 1 fully saturated rings. The van der Waals surface area contributed by atoms with Crippen molar-refractivity contribution in [1.29, 1.82) is 0 Å². The Labute approximate surface area is 95.5 Å². The predicted molar refractivity (Wildman–Crippen MR) is 63.1 cm³/mol. The summed E-state index contributed by atoms with van der Waals surface area (Å²) >= 11 is 0. The van der Waals surface area contributed by atoms with Crippen LogP contribution in [0.4, 0.5) is 5.82 Å². The maximum atomic E-state index is 11.1. The van der Waals surface area contributed by atoms with Gasteiger partial charge in [0.15, 0.2) is 0 Å². The lowest BCUT2D eigenvalue weighted by molar-refractivity contribution is -0.122. The number of pyridine rings is 1. The lowest BCUT2D eigenvalue weighted by Crippen LogP contribution is -2.39. The molecule has 0 radical (unpaired) electrons. The number of hydrogen-bond acceptors (Lipinski definition) is 3. The summed E-state index contributed by atoms with van der Waals surface area (Å²) in [5, 5.41) is 0. The quantitative estimate of drug-likeness (QED) is 0.810. The van der Waals surface area contributed by atoms with Crippen LogP contribution in [-0.2, 0) is 4.79 Å². The number of amides is 1. The number of aromatic nitrogens is 1. The fraction of sp³-hybridized carbons (Fsp3) is 0.500. The molecule has 0 saturated carbocycles. The van der Waals surface area contributed by atoms with Crippen LogP contribution in [0.2, 0.25) is 0 Å². The summed E-state index contributed by atoms with van der Waals surface area (Å²) in [5.74, 6) is 0.906. The largest absolute Gasteiger partial charge is 0.369 e. The van der Waals surface area contributed by atoms with Crippen molar-refractivity contribution in [3.8, 4) is 0 Å². The molecular weight excluding hydrogens is 202 g/mol. The smallest absolute Gasteiger partial charge is 0.220 e. The fourth-order valence-electron chi connectivity index (χ4n) is 2.18. The second-order valence-electron chi connectivity index (χ2n) is 4.31. The highest BCUT2D eigenvalue weighted by molar-refractivity contribution is 5.77. The van der Waals surface area contributed by atoms with Crippen LogP contribution in [0.5, 0.6) is 0 Å². The van der Waals surface area contributed by atoms with Crippen molar-refractivity contribution in [2.24, 2.45) is 11.7 Å². The number of primary amides is 1. The van der Waals surface area contributed by atoms with Crippen molar-refractivity contribution in [2.45, 2.75) is 19.8 Å². The highest BCUT2D eigenvalue weighted by Gasteiger charge is 2.24. The van der Waals surface area contributed by atoms with E-state index in [4.69, 9.17) is 5.73 Å². The number of carbonyl (C=O) groups excluding carboxylic acids is 1. The van der Waals surface area contributed by atoms with E-state index in [1.165, 1.54) is 5.56 Å². The highest BCUT2D eigenvalue weighted by atomic mass is 16.1. The van der Waals surface area contributed by atoms with E-state index in [0.29, 0.717) is 0 Å². The van der Waals surface area contributed by atoms with E-state index in [2.05, 4.69) is 22.9 Å². The molecule has 2 N–H and O–H groups in total. The summed E-state index contributed by atoms with van der Waals surface area (Å²) in [6.07, 6.45) is 3.49. The molecule has 0 aromatic carbocycles. The molecule has 1 aromatic heterocycles. The molecule has 0 bridgehead atoms. The predicted octanol–water partition coefficient (Wildman–Crippen LogP) is 1.09. The van der Waals surface area contributed by atoms with Gasteiger partial charge in [-0.2, -0.15) is 0 Å². The van der Waals surface area contributed by atoms with Gasteiger partial charge in [-0.3, -0.25) is 4.79 Å². The molecule has 0 spiro atoms. The molecule has 2 rings (SSSR count). The molecule has 1 saturated heterocycles. The van der Waals surface area contributed by atoms with Crippen molar-refractivity contribution in [3.63, 3.8) is 0 Å². The second kappa shape index (κ2) is 4.51. The van der Waals surface area contributed by atoms with E-state index in [1.807, 2.05) is 12.3 Å². The summed E-state index contributed by atoms with van der Waals surface area (Å²) in [4.78, 5) is 17.7. The van der Waals surface area contributed by atoms with Gasteiger partial charge in [0.25, 0.3) is 0 Å². The van der Waals surface area contributed by atoms with Gasteiger partial charge in [0.05, 0.1) is 0 Å². The first kappa shape index (κ1) is 10.9. The average molecular weight is 219 g/mol. The van der Waals surface area contributed by atoms with Gasteiger partial charge in [0, 0.05) is 25.2 Å². The number of nitrogens with zero attached hydrogens (tertiary/aromatic N) is 2. The number of carbonyl (C=O) groups is 1. The van der Waals surface area contributed by atoms with E-state index in [0.717, 1.165) is 31.7 Å². The van der Waals surface area contributed by atoms with E-state index in [1.54, 1.807) is 0 Å². The third-order valence-corrected chi connectivity index (χ3v) is 3.18. The van der Waals surface area contributed by atoms with E-state index < -0.39 is 0 Å². The number of nitrogens with two attached hydrogens (primary N) is 1. The Kier molecular flexibility index (Phi) is 3.08. The summed E-state index contributed by atoms with van der Waals surface area (Å²) < 4.78 is 0. The average Bonchev–Trinajstić information content (AvgIpc) is 2.30. The van der Waals surface area contributed by atoms with Gasteiger partial charge in [-0.25, -0.2) is 4.98 Å². The van der Waals surface area contributed by atoms with Crippen molar-refractivity contribution in [1.82, 2.24) is 4.98 Å². The van der Waals surface area contributed by atoms with Crippen molar-refractivity contribution >= 4 is 11.7 Å². The Balaban J connectivity index is 2.05. The maximum Gasteiger partial charge on any atom is 0.220 e. The van der Waals surface area contributed by atoms with Crippen LogP contribution < -0.4 is 10.6 Å². The zero-order valence-electron chi connectivity index (χ0n) is 9.52. The summed E-state index contributed by atoms with van der Waals surface area (Å²) in [5.41, 5.74) is 6.49. The first-order valence-corrected chi connectivity index (χ1v) is 5.64. The molecule has 0 atom stereocenters. The minimum atomic E-state index is -0.169. The molecule has 0 unspecified atom stereocenters. The van der Waals surface area contributed by atoms with E-state index in [-0.39, 0.29) is 11.8 Å². The molecule has 1 amide bonds. The fourth-order valence-corrected chi connectivity index (χ4v) is 2.18. The van der Waals surface area contributed by atoms with Crippen LogP contribution in [0.1, 0.15) is 18.4 Å². The van der Waals surface area contributed by atoms with E-state index in [9.17, 15) is 4.79 Å². The SMILES string of the molecule is Cc1cccnc1N1CCC(C(N)=O)CC1. The molecule has 4 nitrogen and oxygen atoms in total. The molecule has 16 heavy (non-hydrogen) atoms. The van der Waals surface area contributed by atoms with Gasteiger partial charge in [0.1, 0.15) is 5.82 Å². The van der Waals surface area contributed by atoms with Gasteiger partial charge in [-0.05, 0) is 31.4 Å². The molecular formula is C12H17N3O. The number of rotatable bonds is 2. The monoisotopic (exact) mass is 219 g/mol. The number of aryl methyl sites for hydroxylation is 1. The van der Waals surface area contributed by atoms with Gasteiger partial charge >= 0.3 is 0 Å². The normalized spacial score (nSPS) is 17.4. The number of hydrogen-bond donors (Lipinski definition) is 1. The number of anilines is 1. The van der Waals surface area contributed by atoms with Crippen LogP contribution in [0.15, 0.2) is 18.3 Å². The molecule has 1 aliphatic heterocycles. The number of piperidine rings is 1. The minimum Gasteiger partial charge on any atom is -0.369 e. The summed E-state index contributed by atoms with van der Waals surface area (Å²) in [6.45, 7) is 3.79. The van der Waals surface area contributed by atoms with Crippen LogP contribution in [-0.4, -0.2) is 24.0 Å². The Bertz CT molecular complexity index is 384. The Morgan fingerprint density at radius 2 is 2.19 bits per heavy atom. The third kappa shape index (κ3) is 2.15. The molecule has 0 aliphatic carbocycles. The van der Waals surface area contributed by atoms with Crippen molar-refractivity contribution < 1.29 is 4.79 Å². The Morgan fingerprint density at radius 1 is 1.50 bits per heavy atom. The Morgan fingerprint density at radius 3 is 2.75 bits per heavy atom. The lowest BCUT2D eigenvalue weighted by atomic mass is 9.96. The van der Waals surface area contributed by atoms with Crippen molar-refractivity contribution in [2.75, 3.05) is 18.0 Å². The van der Waals surface area contributed by atoms with Crippen LogP contribution in [0.25, 0.3) is 0 Å². The van der Waals surface area contributed by atoms with E-state index >= 15 is 0 Å². The zero-order chi connectivity index (χ0) is 11.5. The molecule has 2 heterocycles. The van der Waals surface area contributed by atoms with Crippen LogP contribution in [0.3, 0.4) is 0 Å². The lowest BCUT2D eigenvalue weighted by Gasteiger charge is -2.32. The van der Waals surface area contributed by atoms with Crippen molar-refractivity contribution in [3.05, 3.63) is 23.9 Å². The van der Waals surface area contributed by atoms with Crippen LogP contribution >= 0.6 is 0 Å². The summed E-state index contributed by atoms with van der Waals surface area (Å²) in [6, 6.07) is 4.00. The minimum absolute atomic E-state index is 0.0419. The summed E-state index contributed by atoms with van der Waals surface area (Å²) in [7, 11) is 0. The van der Waals surface area contributed by atoms with Gasteiger partial charge < -0.3 is 10.6 Å².